The molecule has 0 saturated heterocycles. The lowest BCUT2D eigenvalue weighted by Gasteiger charge is -2.31. The first-order chi connectivity index (χ1) is 3.81. The van der Waals surface area contributed by atoms with Crippen molar-refractivity contribution in [2.45, 2.75) is 23.2 Å². The van der Waals surface area contributed by atoms with Gasteiger partial charge in [0.05, 0.1) is 5.54 Å². The molecule has 0 aliphatic carbocycles. The largest absolute Gasteiger partial charge is 0.311 e. The molecule has 9 heavy (non-hydrogen) atoms. The zero-order chi connectivity index (χ0) is 7.71. The maximum atomic E-state index is 5.59. The van der Waals surface area contributed by atoms with Gasteiger partial charge in [-0.25, -0.2) is 0 Å². The highest BCUT2D eigenvalue weighted by Gasteiger charge is 2.38. The Morgan fingerprint density at radius 1 is 1.11 bits per heavy atom. The van der Waals surface area contributed by atoms with Crippen molar-refractivity contribution in [3.05, 3.63) is 0 Å². The molecule has 0 atom stereocenters. The van der Waals surface area contributed by atoms with E-state index in [1.165, 1.54) is 0 Å². The zero-order valence-corrected chi connectivity index (χ0v) is 7.90. The Kier molecular flexibility index (Phi) is 3.09. The third-order valence-corrected chi connectivity index (χ3v) is 2.75. The molecule has 0 aliphatic heterocycles. The molecular formula is C5H10Cl3N. The van der Waals surface area contributed by atoms with Crippen LogP contribution in [0.5, 0.6) is 0 Å². The molecule has 1 N–H and O–H groups in total. The van der Waals surface area contributed by atoms with Crippen molar-refractivity contribution in [2.75, 3.05) is 7.05 Å². The fourth-order valence-electron chi connectivity index (χ4n) is 0.142. The lowest BCUT2D eigenvalue weighted by Crippen LogP contribution is -2.48. The van der Waals surface area contributed by atoms with E-state index in [4.69, 9.17) is 34.8 Å². The SMILES string of the molecule is CNC(C)(C)C(Cl)(Cl)Cl. The van der Waals surface area contributed by atoms with Gasteiger partial charge in [0.1, 0.15) is 0 Å². The van der Waals surface area contributed by atoms with Gasteiger partial charge in [0.15, 0.2) is 0 Å². The maximum absolute atomic E-state index is 5.59. The second-order valence-electron chi connectivity index (χ2n) is 2.37. The van der Waals surface area contributed by atoms with Crippen molar-refractivity contribution in [1.82, 2.24) is 5.32 Å². The van der Waals surface area contributed by atoms with Gasteiger partial charge < -0.3 is 5.32 Å². The molecule has 0 fully saturated rings. The number of alkyl halides is 3. The number of rotatable bonds is 1. The van der Waals surface area contributed by atoms with E-state index < -0.39 is 9.33 Å². The fourth-order valence-corrected chi connectivity index (χ4v) is 0.425. The molecule has 0 rings (SSSR count). The standard InChI is InChI=1S/C5H10Cl3N/c1-4(2,9-3)5(6,7)8/h9H,1-3H3. The first-order valence-electron chi connectivity index (χ1n) is 2.57. The first kappa shape index (κ1) is 9.83. The van der Waals surface area contributed by atoms with Crippen molar-refractivity contribution in [3.8, 4) is 0 Å². The minimum Gasteiger partial charge on any atom is -0.311 e. The monoisotopic (exact) mass is 189 g/mol. The summed E-state index contributed by atoms with van der Waals surface area (Å²) in [6.07, 6.45) is 0. The molecule has 0 saturated carbocycles. The predicted octanol–water partition coefficient (Wildman–Crippen LogP) is 2.35. The zero-order valence-electron chi connectivity index (χ0n) is 5.63. The van der Waals surface area contributed by atoms with E-state index in [-0.39, 0.29) is 0 Å². The minimum absolute atomic E-state index is 0.475. The molecule has 0 spiro atoms. The van der Waals surface area contributed by atoms with E-state index in [1.54, 1.807) is 7.05 Å². The Labute approximate surface area is 70.7 Å². The van der Waals surface area contributed by atoms with E-state index in [0.717, 1.165) is 0 Å². The Morgan fingerprint density at radius 3 is 1.44 bits per heavy atom. The van der Waals surface area contributed by atoms with Crippen LogP contribution < -0.4 is 5.32 Å². The molecule has 56 valence electrons. The second kappa shape index (κ2) is 2.83. The summed E-state index contributed by atoms with van der Waals surface area (Å²) in [6.45, 7) is 3.64. The summed E-state index contributed by atoms with van der Waals surface area (Å²) in [5, 5.41) is 2.89. The third kappa shape index (κ3) is 2.50. The summed E-state index contributed by atoms with van der Waals surface area (Å²) in [5.41, 5.74) is -0.475. The van der Waals surface area contributed by atoms with Crippen LogP contribution in [0, 0.1) is 0 Å². The number of hydrogen-bond acceptors (Lipinski definition) is 1. The average Bonchev–Trinajstić information content (AvgIpc) is 1.64. The molecule has 0 unspecified atom stereocenters. The van der Waals surface area contributed by atoms with E-state index >= 15 is 0 Å². The molecule has 0 amide bonds. The van der Waals surface area contributed by atoms with Crippen molar-refractivity contribution < 1.29 is 0 Å². The highest BCUT2D eigenvalue weighted by atomic mass is 35.6. The van der Waals surface area contributed by atoms with E-state index in [9.17, 15) is 0 Å². The molecule has 4 heteroatoms. The van der Waals surface area contributed by atoms with Gasteiger partial charge in [-0.15, -0.1) is 0 Å². The third-order valence-electron chi connectivity index (χ3n) is 1.33. The van der Waals surface area contributed by atoms with Crippen LogP contribution in [-0.2, 0) is 0 Å². The summed E-state index contributed by atoms with van der Waals surface area (Å²) < 4.78 is -1.25. The molecule has 0 heterocycles. The topological polar surface area (TPSA) is 12.0 Å². The smallest absolute Gasteiger partial charge is 0.207 e. The van der Waals surface area contributed by atoms with E-state index in [2.05, 4.69) is 5.32 Å². The van der Waals surface area contributed by atoms with E-state index in [0.29, 0.717) is 0 Å². The van der Waals surface area contributed by atoms with Gasteiger partial charge in [-0.3, -0.25) is 0 Å². The van der Waals surface area contributed by atoms with E-state index in [1.807, 2.05) is 13.8 Å². The Bertz CT molecular complexity index is 94.9. The van der Waals surface area contributed by atoms with Crippen molar-refractivity contribution in [2.24, 2.45) is 0 Å². The molecule has 0 aromatic heterocycles. The Morgan fingerprint density at radius 2 is 1.44 bits per heavy atom. The average molecular weight is 191 g/mol. The summed E-state index contributed by atoms with van der Waals surface area (Å²) >= 11 is 16.8. The van der Waals surface area contributed by atoms with Crippen molar-refractivity contribution in [3.63, 3.8) is 0 Å². The highest BCUT2D eigenvalue weighted by molar-refractivity contribution is 6.68. The Hall–Kier alpha value is 0.830. The lowest BCUT2D eigenvalue weighted by atomic mass is 10.1. The van der Waals surface area contributed by atoms with Crippen LogP contribution in [0.4, 0.5) is 0 Å². The number of hydrogen-bond donors (Lipinski definition) is 1. The molecule has 0 aromatic rings. The summed E-state index contributed by atoms with van der Waals surface area (Å²) in [4.78, 5) is 0. The Balaban J connectivity index is 4.14. The van der Waals surface area contributed by atoms with Crippen molar-refractivity contribution >= 4 is 34.8 Å². The van der Waals surface area contributed by atoms with Gasteiger partial charge >= 0.3 is 0 Å². The summed E-state index contributed by atoms with van der Waals surface area (Å²) in [6, 6.07) is 0. The lowest BCUT2D eigenvalue weighted by molar-refractivity contribution is 0.432. The van der Waals surface area contributed by atoms with Gasteiger partial charge in [-0.1, -0.05) is 34.8 Å². The maximum Gasteiger partial charge on any atom is 0.207 e. The van der Waals surface area contributed by atoms with Gasteiger partial charge in [0.25, 0.3) is 0 Å². The fraction of sp³-hybridized carbons (Fsp3) is 1.00. The highest BCUT2D eigenvalue weighted by Crippen LogP contribution is 2.37. The van der Waals surface area contributed by atoms with Crippen LogP contribution in [0.1, 0.15) is 13.8 Å². The van der Waals surface area contributed by atoms with Crippen LogP contribution in [0.25, 0.3) is 0 Å². The van der Waals surface area contributed by atoms with Crippen LogP contribution in [0.3, 0.4) is 0 Å². The predicted molar refractivity (Wildman–Crippen MR) is 43.4 cm³/mol. The summed E-state index contributed by atoms with van der Waals surface area (Å²) in [7, 11) is 1.75. The van der Waals surface area contributed by atoms with Gasteiger partial charge in [-0.2, -0.15) is 0 Å². The molecule has 0 aromatic carbocycles. The van der Waals surface area contributed by atoms with Gasteiger partial charge in [0, 0.05) is 0 Å². The molecule has 1 nitrogen and oxygen atoms in total. The number of nitrogens with one attached hydrogen (secondary N) is 1. The quantitative estimate of drug-likeness (QED) is 0.626. The second-order valence-corrected chi connectivity index (χ2v) is 4.65. The molecule has 0 aliphatic rings. The van der Waals surface area contributed by atoms with Crippen LogP contribution >= 0.6 is 34.8 Å². The minimum atomic E-state index is -1.25. The molecule has 0 bridgehead atoms. The molecular weight excluding hydrogens is 180 g/mol. The first-order valence-corrected chi connectivity index (χ1v) is 3.70. The van der Waals surface area contributed by atoms with Crippen LogP contribution in [0.2, 0.25) is 0 Å². The van der Waals surface area contributed by atoms with Crippen LogP contribution in [0.15, 0.2) is 0 Å². The van der Waals surface area contributed by atoms with Gasteiger partial charge in [0.2, 0.25) is 3.79 Å². The normalized spacial score (nSPS) is 14.0. The van der Waals surface area contributed by atoms with Crippen LogP contribution in [-0.4, -0.2) is 16.4 Å². The number of halogens is 3. The van der Waals surface area contributed by atoms with Crippen molar-refractivity contribution in [1.29, 1.82) is 0 Å². The summed E-state index contributed by atoms with van der Waals surface area (Å²) in [5.74, 6) is 0. The van der Waals surface area contributed by atoms with Gasteiger partial charge in [-0.05, 0) is 20.9 Å². The molecule has 0 radical (unpaired) electrons.